The molecule has 0 atom stereocenters. The van der Waals surface area contributed by atoms with Gasteiger partial charge < -0.3 is 9.84 Å². The third-order valence-corrected chi connectivity index (χ3v) is 3.21. The zero-order chi connectivity index (χ0) is 18.4. The van der Waals surface area contributed by atoms with E-state index >= 15 is 0 Å². The minimum absolute atomic E-state index is 0.0665. The maximum Gasteiger partial charge on any atom is 0.342 e. The standard InChI is InChI=1S/C17H15FN2O5/c1-10-3-2-4-13(15(10)22)17(24)25-9-14(21)19-20-16(23)11-5-7-12(18)8-6-11/h2-8,22H,9H2,1H3,(H,19,21)(H,20,23). The first-order valence-corrected chi connectivity index (χ1v) is 7.19. The second-order valence-electron chi connectivity index (χ2n) is 5.06. The van der Waals surface area contributed by atoms with Crippen molar-refractivity contribution in [3.05, 3.63) is 65.0 Å². The molecule has 0 fully saturated rings. The van der Waals surface area contributed by atoms with Crippen molar-refractivity contribution in [3.63, 3.8) is 0 Å². The molecule has 0 saturated carbocycles. The van der Waals surface area contributed by atoms with Gasteiger partial charge in [-0.3, -0.25) is 20.4 Å². The number of hydrazine groups is 1. The zero-order valence-corrected chi connectivity index (χ0v) is 13.2. The normalized spacial score (nSPS) is 10.0. The van der Waals surface area contributed by atoms with Gasteiger partial charge in [-0.15, -0.1) is 0 Å². The summed E-state index contributed by atoms with van der Waals surface area (Å²) in [6.45, 7) is 0.958. The van der Waals surface area contributed by atoms with Crippen molar-refractivity contribution in [2.75, 3.05) is 6.61 Å². The number of esters is 1. The molecule has 3 N–H and O–H groups in total. The van der Waals surface area contributed by atoms with Gasteiger partial charge in [0.05, 0.1) is 0 Å². The number of carbonyl (C=O) groups excluding carboxylic acids is 3. The fourth-order valence-electron chi connectivity index (χ4n) is 1.87. The summed E-state index contributed by atoms with van der Waals surface area (Å²) in [5.74, 6) is -3.03. The summed E-state index contributed by atoms with van der Waals surface area (Å²) in [6.07, 6.45) is 0. The van der Waals surface area contributed by atoms with E-state index in [1.165, 1.54) is 18.2 Å². The number of ether oxygens (including phenoxy) is 1. The summed E-state index contributed by atoms with van der Waals surface area (Å²) in [6, 6.07) is 9.24. The molecule has 0 heterocycles. The number of hydrogen-bond donors (Lipinski definition) is 3. The van der Waals surface area contributed by atoms with Crippen molar-refractivity contribution in [3.8, 4) is 5.75 Å². The first kappa shape index (κ1) is 17.9. The zero-order valence-electron chi connectivity index (χ0n) is 13.2. The van der Waals surface area contributed by atoms with Crippen LogP contribution in [0.25, 0.3) is 0 Å². The third kappa shape index (κ3) is 4.77. The Hall–Kier alpha value is -3.42. The average Bonchev–Trinajstić information content (AvgIpc) is 2.60. The molecule has 0 radical (unpaired) electrons. The van der Waals surface area contributed by atoms with Crippen LogP contribution < -0.4 is 10.9 Å². The van der Waals surface area contributed by atoms with Gasteiger partial charge in [0.15, 0.2) is 6.61 Å². The Kier molecular flexibility index (Phi) is 5.67. The van der Waals surface area contributed by atoms with Crippen LogP contribution in [0.5, 0.6) is 5.75 Å². The molecular weight excluding hydrogens is 331 g/mol. The Morgan fingerprint density at radius 2 is 1.76 bits per heavy atom. The van der Waals surface area contributed by atoms with Gasteiger partial charge >= 0.3 is 5.97 Å². The molecule has 2 amide bonds. The Balaban J connectivity index is 1.82. The lowest BCUT2D eigenvalue weighted by molar-refractivity contribution is -0.125. The number of hydrogen-bond acceptors (Lipinski definition) is 5. The highest BCUT2D eigenvalue weighted by molar-refractivity contribution is 5.96. The molecule has 2 rings (SSSR count). The summed E-state index contributed by atoms with van der Waals surface area (Å²) in [4.78, 5) is 35.1. The number of phenols is 1. The van der Waals surface area contributed by atoms with E-state index in [1.54, 1.807) is 19.1 Å². The molecule has 25 heavy (non-hydrogen) atoms. The minimum atomic E-state index is -0.874. The predicted molar refractivity (Wildman–Crippen MR) is 85.1 cm³/mol. The van der Waals surface area contributed by atoms with Gasteiger partial charge in [-0.05, 0) is 42.8 Å². The Morgan fingerprint density at radius 1 is 1.08 bits per heavy atom. The van der Waals surface area contributed by atoms with Crippen LogP contribution in [0.15, 0.2) is 42.5 Å². The van der Waals surface area contributed by atoms with Crippen LogP contribution in [0.1, 0.15) is 26.3 Å². The number of rotatable bonds is 4. The maximum absolute atomic E-state index is 12.8. The fraction of sp³-hybridized carbons (Fsp3) is 0.118. The summed E-state index contributed by atoms with van der Waals surface area (Å²) in [5, 5.41) is 9.77. The molecule has 2 aromatic carbocycles. The Bertz CT molecular complexity index is 805. The van der Waals surface area contributed by atoms with Crippen LogP contribution in [0.2, 0.25) is 0 Å². The molecule has 8 heteroatoms. The highest BCUT2D eigenvalue weighted by Gasteiger charge is 2.15. The van der Waals surface area contributed by atoms with E-state index in [2.05, 4.69) is 10.9 Å². The predicted octanol–water partition coefficient (Wildman–Crippen LogP) is 1.46. The van der Waals surface area contributed by atoms with E-state index < -0.39 is 30.2 Å². The van der Waals surface area contributed by atoms with Crippen molar-refractivity contribution in [2.24, 2.45) is 0 Å². The molecule has 2 aromatic rings. The van der Waals surface area contributed by atoms with E-state index in [0.29, 0.717) is 5.56 Å². The van der Waals surface area contributed by atoms with Crippen LogP contribution >= 0.6 is 0 Å². The van der Waals surface area contributed by atoms with Gasteiger partial charge in [-0.2, -0.15) is 0 Å². The van der Waals surface area contributed by atoms with Crippen molar-refractivity contribution in [1.82, 2.24) is 10.9 Å². The van der Waals surface area contributed by atoms with Crippen molar-refractivity contribution in [2.45, 2.75) is 6.92 Å². The van der Waals surface area contributed by atoms with Gasteiger partial charge in [0.2, 0.25) is 0 Å². The maximum atomic E-state index is 12.8. The summed E-state index contributed by atoms with van der Waals surface area (Å²) in [7, 11) is 0. The minimum Gasteiger partial charge on any atom is -0.507 e. The monoisotopic (exact) mass is 346 g/mol. The molecule has 0 spiro atoms. The number of aryl methyl sites for hydroxylation is 1. The molecule has 0 unspecified atom stereocenters. The number of carbonyl (C=O) groups is 3. The number of benzene rings is 2. The lowest BCUT2D eigenvalue weighted by Gasteiger charge is -2.09. The molecule has 0 aliphatic rings. The average molecular weight is 346 g/mol. The molecular formula is C17H15FN2O5. The van der Waals surface area contributed by atoms with Gasteiger partial charge in [-0.1, -0.05) is 12.1 Å². The Labute approximate surface area is 142 Å². The number of halogens is 1. The van der Waals surface area contributed by atoms with Gasteiger partial charge in [0.1, 0.15) is 17.1 Å². The molecule has 7 nitrogen and oxygen atoms in total. The highest BCUT2D eigenvalue weighted by atomic mass is 19.1. The van der Waals surface area contributed by atoms with Crippen molar-refractivity contribution in [1.29, 1.82) is 0 Å². The molecule has 0 saturated heterocycles. The first-order chi connectivity index (χ1) is 11.9. The van der Waals surface area contributed by atoms with E-state index in [1.807, 2.05) is 0 Å². The van der Waals surface area contributed by atoms with Crippen LogP contribution in [0.4, 0.5) is 4.39 Å². The number of amides is 2. The smallest absolute Gasteiger partial charge is 0.342 e. The Morgan fingerprint density at radius 3 is 2.44 bits per heavy atom. The van der Waals surface area contributed by atoms with E-state index in [-0.39, 0.29) is 16.9 Å². The number of para-hydroxylation sites is 1. The van der Waals surface area contributed by atoms with Crippen LogP contribution in [-0.4, -0.2) is 29.5 Å². The fourth-order valence-corrected chi connectivity index (χ4v) is 1.87. The van der Waals surface area contributed by atoms with Crippen LogP contribution in [0.3, 0.4) is 0 Å². The van der Waals surface area contributed by atoms with Gasteiger partial charge in [-0.25, -0.2) is 9.18 Å². The van der Waals surface area contributed by atoms with Crippen molar-refractivity contribution >= 4 is 17.8 Å². The lowest BCUT2D eigenvalue weighted by atomic mass is 10.1. The first-order valence-electron chi connectivity index (χ1n) is 7.19. The van der Waals surface area contributed by atoms with E-state index in [9.17, 15) is 23.9 Å². The van der Waals surface area contributed by atoms with E-state index in [4.69, 9.17) is 4.74 Å². The second kappa shape index (κ2) is 7.91. The quantitative estimate of drug-likeness (QED) is 0.574. The second-order valence-corrected chi connectivity index (χ2v) is 5.06. The van der Waals surface area contributed by atoms with Crippen LogP contribution in [0, 0.1) is 12.7 Å². The summed E-state index contributed by atoms with van der Waals surface area (Å²) in [5.41, 5.74) is 4.72. The van der Waals surface area contributed by atoms with Crippen LogP contribution in [-0.2, 0) is 9.53 Å². The number of phenolic OH excluding ortho intramolecular Hbond substituents is 1. The summed E-state index contributed by atoms with van der Waals surface area (Å²) >= 11 is 0. The third-order valence-electron chi connectivity index (χ3n) is 3.21. The molecule has 0 aromatic heterocycles. The molecule has 0 aliphatic heterocycles. The SMILES string of the molecule is Cc1cccc(C(=O)OCC(=O)NNC(=O)c2ccc(F)cc2)c1O. The number of aromatic hydroxyl groups is 1. The van der Waals surface area contributed by atoms with Gasteiger partial charge in [0, 0.05) is 5.56 Å². The highest BCUT2D eigenvalue weighted by Crippen LogP contribution is 2.21. The summed E-state index contributed by atoms with van der Waals surface area (Å²) < 4.78 is 17.5. The van der Waals surface area contributed by atoms with Gasteiger partial charge in [0.25, 0.3) is 11.8 Å². The lowest BCUT2D eigenvalue weighted by Crippen LogP contribution is -2.43. The molecule has 0 aliphatic carbocycles. The largest absolute Gasteiger partial charge is 0.507 e. The number of nitrogens with one attached hydrogen (secondary N) is 2. The molecule has 0 bridgehead atoms. The van der Waals surface area contributed by atoms with Crippen molar-refractivity contribution < 1.29 is 28.6 Å². The topological polar surface area (TPSA) is 105 Å². The van der Waals surface area contributed by atoms with E-state index in [0.717, 1.165) is 12.1 Å². The molecule has 130 valence electrons.